The van der Waals surface area contributed by atoms with Gasteiger partial charge >= 0.3 is 0 Å². The Morgan fingerprint density at radius 1 is 0.476 bits per heavy atom. The minimum Gasteiger partial charge on any atom is -0.0622 e. The molecule has 122 valence electrons. The standard InChI is InChI=1S/C21H38/c1-12-9-14(3)20(16(12)5)18-7-8-19(11-18)21-15(4)10-13(2)17(21)6/h12-21H,7-11H2,1-6H3/t12-,13+,14+,15-,16-,17+,18+,19-,20-,21+. The normalized spacial score (nSPS) is 58.0. The maximum absolute atomic E-state index is 2.55. The quantitative estimate of drug-likeness (QED) is 0.563. The minimum absolute atomic E-state index is 0.966. The fourth-order valence-electron chi connectivity index (χ4n) is 7.25. The summed E-state index contributed by atoms with van der Waals surface area (Å²) in [5.74, 6) is 10.0. The molecular weight excluding hydrogens is 252 g/mol. The van der Waals surface area contributed by atoms with Gasteiger partial charge in [-0.3, -0.25) is 0 Å². The van der Waals surface area contributed by atoms with E-state index >= 15 is 0 Å². The Morgan fingerprint density at radius 3 is 1.14 bits per heavy atom. The molecule has 0 spiro atoms. The molecule has 0 heteroatoms. The van der Waals surface area contributed by atoms with Crippen LogP contribution in [0.1, 0.15) is 73.6 Å². The summed E-state index contributed by atoms with van der Waals surface area (Å²) >= 11 is 0. The van der Waals surface area contributed by atoms with E-state index in [4.69, 9.17) is 0 Å². The molecule has 10 atom stereocenters. The van der Waals surface area contributed by atoms with Crippen LogP contribution in [0.25, 0.3) is 0 Å². The van der Waals surface area contributed by atoms with Crippen molar-refractivity contribution in [2.45, 2.75) is 73.6 Å². The molecule has 0 N–H and O–H groups in total. The average molecular weight is 291 g/mol. The molecule has 0 saturated heterocycles. The maximum Gasteiger partial charge on any atom is -0.0332 e. The van der Waals surface area contributed by atoms with Crippen molar-refractivity contribution in [1.82, 2.24) is 0 Å². The molecule has 3 fully saturated rings. The highest BCUT2D eigenvalue weighted by molar-refractivity contribution is 4.96. The zero-order valence-electron chi connectivity index (χ0n) is 15.3. The van der Waals surface area contributed by atoms with Crippen LogP contribution >= 0.6 is 0 Å². The summed E-state index contributed by atoms with van der Waals surface area (Å²) in [5, 5.41) is 0. The molecule has 0 radical (unpaired) electrons. The topological polar surface area (TPSA) is 0 Å². The third-order valence-corrected chi connectivity index (χ3v) is 8.41. The van der Waals surface area contributed by atoms with Crippen LogP contribution in [0.4, 0.5) is 0 Å². The summed E-state index contributed by atoms with van der Waals surface area (Å²) in [6.45, 7) is 15.2. The van der Waals surface area contributed by atoms with Gasteiger partial charge in [-0.15, -0.1) is 0 Å². The second-order valence-electron chi connectivity index (χ2n) is 9.59. The van der Waals surface area contributed by atoms with Crippen LogP contribution in [-0.4, -0.2) is 0 Å². The average Bonchev–Trinajstić information content (AvgIpc) is 3.02. The molecule has 0 nitrogen and oxygen atoms in total. The molecule has 21 heavy (non-hydrogen) atoms. The molecule has 0 aromatic heterocycles. The lowest BCUT2D eigenvalue weighted by atomic mass is 9.74. The molecule has 0 aromatic rings. The van der Waals surface area contributed by atoms with Crippen molar-refractivity contribution in [2.24, 2.45) is 59.2 Å². The van der Waals surface area contributed by atoms with Crippen LogP contribution in [0.2, 0.25) is 0 Å². The van der Waals surface area contributed by atoms with Gasteiger partial charge in [0, 0.05) is 0 Å². The molecule has 3 saturated carbocycles. The molecular formula is C21H38. The van der Waals surface area contributed by atoms with Crippen LogP contribution in [0, 0.1) is 59.2 Å². The molecule has 3 rings (SSSR count). The predicted octanol–water partition coefficient (Wildman–Crippen LogP) is 6.26. The Morgan fingerprint density at radius 2 is 0.857 bits per heavy atom. The Bertz CT molecular complexity index is 325. The van der Waals surface area contributed by atoms with E-state index in [1.807, 2.05) is 0 Å². The second-order valence-corrected chi connectivity index (χ2v) is 9.59. The Hall–Kier alpha value is 0. The highest BCUT2D eigenvalue weighted by Crippen LogP contribution is 2.55. The third-order valence-electron chi connectivity index (χ3n) is 8.41. The lowest BCUT2D eigenvalue weighted by Crippen LogP contribution is -2.24. The SMILES string of the molecule is C[C@@H]1[C@@H]([C@@H]2CC[C@H]([C@H]3[C@H](C)[C@H](C)C[C@@H]3C)C2)[C@H](C)C[C@@H]1C. The van der Waals surface area contributed by atoms with E-state index < -0.39 is 0 Å². The van der Waals surface area contributed by atoms with E-state index in [0.717, 1.165) is 59.2 Å². The van der Waals surface area contributed by atoms with Crippen molar-refractivity contribution in [3.63, 3.8) is 0 Å². The third kappa shape index (κ3) is 2.70. The van der Waals surface area contributed by atoms with Crippen LogP contribution < -0.4 is 0 Å². The summed E-state index contributed by atoms with van der Waals surface area (Å²) in [6.07, 6.45) is 7.63. The molecule has 0 aliphatic heterocycles. The van der Waals surface area contributed by atoms with Gasteiger partial charge in [0.05, 0.1) is 0 Å². The first-order valence-corrected chi connectivity index (χ1v) is 9.90. The summed E-state index contributed by atoms with van der Waals surface area (Å²) in [7, 11) is 0. The predicted molar refractivity (Wildman–Crippen MR) is 92.0 cm³/mol. The molecule has 3 aliphatic carbocycles. The van der Waals surface area contributed by atoms with E-state index in [1.165, 1.54) is 12.8 Å². The van der Waals surface area contributed by atoms with Gasteiger partial charge in [-0.05, 0) is 91.3 Å². The van der Waals surface area contributed by atoms with Gasteiger partial charge in [-0.2, -0.15) is 0 Å². The Kier molecular flexibility index (Phi) is 4.46. The van der Waals surface area contributed by atoms with Gasteiger partial charge in [0.2, 0.25) is 0 Å². The fraction of sp³-hybridized carbons (Fsp3) is 1.00. The first-order chi connectivity index (χ1) is 9.90. The number of hydrogen-bond acceptors (Lipinski definition) is 0. The van der Waals surface area contributed by atoms with Gasteiger partial charge in [0.15, 0.2) is 0 Å². The van der Waals surface area contributed by atoms with Crippen molar-refractivity contribution in [3.8, 4) is 0 Å². The summed E-state index contributed by atoms with van der Waals surface area (Å²) in [6, 6.07) is 0. The van der Waals surface area contributed by atoms with Gasteiger partial charge < -0.3 is 0 Å². The van der Waals surface area contributed by atoms with Crippen molar-refractivity contribution in [1.29, 1.82) is 0 Å². The van der Waals surface area contributed by atoms with Crippen molar-refractivity contribution in [2.75, 3.05) is 0 Å². The second kappa shape index (κ2) is 5.89. The van der Waals surface area contributed by atoms with Crippen LogP contribution in [-0.2, 0) is 0 Å². The summed E-state index contributed by atoms with van der Waals surface area (Å²) < 4.78 is 0. The van der Waals surface area contributed by atoms with Gasteiger partial charge in [0.25, 0.3) is 0 Å². The van der Waals surface area contributed by atoms with Crippen molar-refractivity contribution >= 4 is 0 Å². The molecule has 0 heterocycles. The first kappa shape index (κ1) is 15.9. The van der Waals surface area contributed by atoms with E-state index in [0.29, 0.717) is 0 Å². The van der Waals surface area contributed by atoms with Crippen LogP contribution in [0.5, 0.6) is 0 Å². The van der Waals surface area contributed by atoms with E-state index in [9.17, 15) is 0 Å². The summed E-state index contributed by atoms with van der Waals surface area (Å²) in [5.41, 5.74) is 0. The highest BCUT2D eigenvalue weighted by Gasteiger charge is 2.47. The molecule has 0 aromatic carbocycles. The van der Waals surface area contributed by atoms with Gasteiger partial charge in [0.1, 0.15) is 0 Å². The molecule has 0 unspecified atom stereocenters. The lowest BCUT2D eigenvalue weighted by Gasteiger charge is -2.31. The maximum atomic E-state index is 2.55. The Balaban J connectivity index is 1.66. The Labute approximate surface area is 133 Å². The minimum atomic E-state index is 0.966. The lowest BCUT2D eigenvalue weighted by molar-refractivity contribution is 0.178. The summed E-state index contributed by atoms with van der Waals surface area (Å²) in [4.78, 5) is 0. The van der Waals surface area contributed by atoms with Crippen molar-refractivity contribution < 1.29 is 0 Å². The monoisotopic (exact) mass is 290 g/mol. The first-order valence-electron chi connectivity index (χ1n) is 9.90. The number of rotatable bonds is 2. The zero-order chi connectivity index (χ0) is 15.3. The fourth-order valence-corrected chi connectivity index (χ4v) is 7.25. The number of hydrogen-bond donors (Lipinski definition) is 0. The van der Waals surface area contributed by atoms with Crippen LogP contribution in [0.3, 0.4) is 0 Å². The smallest absolute Gasteiger partial charge is 0.0332 e. The van der Waals surface area contributed by atoms with E-state index in [1.54, 1.807) is 19.3 Å². The molecule has 0 amide bonds. The molecule has 0 bridgehead atoms. The molecule has 3 aliphatic rings. The van der Waals surface area contributed by atoms with Gasteiger partial charge in [-0.25, -0.2) is 0 Å². The van der Waals surface area contributed by atoms with E-state index in [-0.39, 0.29) is 0 Å². The zero-order valence-corrected chi connectivity index (χ0v) is 15.3. The van der Waals surface area contributed by atoms with Gasteiger partial charge in [-0.1, -0.05) is 41.5 Å². The van der Waals surface area contributed by atoms with Crippen LogP contribution in [0.15, 0.2) is 0 Å². The van der Waals surface area contributed by atoms with E-state index in [2.05, 4.69) is 41.5 Å². The van der Waals surface area contributed by atoms with Crippen molar-refractivity contribution in [3.05, 3.63) is 0 Å². The largest absolute Gasteiger partial charge is 0.0622 e. The highest BCUT2D eigenvalue weighted by atomic mass is 14.5.